The zero-order valence-corrected chi connectivity index (χ0v) is 21.2. The van der Waals surface area contributed by atoms with Crippen molar-refractivity contribution in [2.75, 3.05) is 5.32 Å². The average molecular weight is 546 g/mol. The third-order valence-corrected chi connectivity index (χ3v) is 7.24. The lowest BCUT2D eigenvalue weighted by molar-refractivity contribution is 0.254. The highest BCUT2D eigenvalue weighted by molar-refractivity contribution is 9.10. The molecule has 0 bridgehead atoms. The Morgan fingerprint density at radius 2 is 1.54 bits per heavy atom. The standard InChI is InChI=1S/C28H22BrClN4O/c29-20-12-10-19(11-13-20)26-24-9-5-4-8-23-25(18-6-2-1-3-7-18)32-27(33(23)24)34(26)28(35)31-22-16-14-21(30)15-17-22/h1-3,6-7,10-17H,4-5,8-9H2,(H,31,35). The van der Waals surface area contributed by atoms with E-state index in [1.165, 1.54) is 0 Å². The van der Waals surface area contributed by atoms with Gasteiger partial charge in [-0.3, -0.25) is 4.40 Å². The first-order valence-corrected chi connectivity index (χ1v) is 12.8. The molecule has 174 valence electrons. The van der Waals surface area contributed by atoms with Crippen molar-refractivity contribution in [3.63, 3.8) is 0 Å². The molecule has 5 aromatic rings. The van der Waals surface area contributed by atoms with Gasteiger partial charge in [0.1, 0.15) is 0 Å². The summed E-state index contributed by atoms with van der Waals surface area (Å²) in [6.45, 7) is 0. The number of hydrogen-bond donors (Lipinski definition) is 1. The molecule has 1 N–H and O–H groups in total. The summed E-state index contributed by atoms with van der Waals surface area (Å²) in [5.41, 5.74) is 6.83. The van der Waals surface area contributed by atoms with Gasteiger partial charge in [0.2, 0.25) is 5.78 Å². The number of nitrogens with one attached hydrogen (secondary N) is 1. The highest BCUT2D eigenvalue weighted by Gasteiger charge is 2.29. The van der Waals surface area contributed by atoms with Gasteiger partial charge < -0.3 is 5.32 Å². The molecule has 2 aromatic heterocycles. The largest absolute Gasteiger partial charge is 0.333 e. The number of rotatable bonds is 3. The summed E-state index contributed by atoms with van der Waals surface area (Å²) in [5.74, 6) is 0.639. The number of aryl methyl sites for hydroxylation is 2. The Hall–Kier alpha value is -3.35. The quantitative estimate of drug-likeness (QED) is 0.251. The number of halogens is 2. The van der Waals surface area contributed by atoms with E-state index < -0.39 is 0 Å². The zero-order valence-electron chi connectivity index (χ0n) is 18.8. The molecule has 1 amide bonds. The van der Waals surface area contributed by atoms with E-state index in [2.05, 4.69) is 37.8 Å². The fourth-order valence-corrected chi connectivity index (χ4v) is 5.28. The van der Waals surface area contributed by atoms with Gasteiger partial charge in [-0.15, -0.1) is 0 Å². The minimum absolute atomic E-state index is 0.252. The van der Waals surface area contributed by atoms with Crippen LogP contribution in [0.15, 0.2) is 83.3 Å². The minimum Gasteiger partial charge on any atom is -0.307 e. The lowest BCUT2D eigenvalue weighted by Crippen LogP contribution is -2.21. The van der Waals surface area contributed by atoms with Crippen LogP contribution in [0.4, 0.5) is 10.5 Å². The van der Waals surface area contributed by atoms with E-state index in [-0.39, 0.29) is 6.03 Å². The van der Waals surface area contributed by atoms with E-state index in [1.807, 2.05) is 42.5 Å². The lowest BCUT2D eigenvalue weighted by Gasteiger charge is -2.12. The maximum atomic E-state index is 13.8. The van der Waals surface area contributed by atoms with Crippen LogP contribution < -0.4 is 5.32 Å². The maximum absolute atomic E-state index is 13.8. The summed E-state index contributed by atoms with van der Waals surface area (Å²) in [4.78, 5) is 18.9. The SMILES string of the molecule is O=C(Nc1ccc(Cl)cc1)n1c(-c2ccc(Br)cc2)c2n3c(c(-c4ccccc4)nc13)CCCC2. The van der Waals surface area contributed by atoms with Crippen LogP contribution in [-0.4, -0.2) is 20.0 Å². The Bertz CT molecular complexity index is 1540. The molecule has 0 atom stereocenters. The van der Waals surface area contributed by atoms with E-state index in [1.54, 1.807) is 28.8 Å². The van der Waals surface area contributed by atoms with Crippen LogP contribution in [0.3, 0.4) is 0 Å². The Morgan fingerprint density at radius 3 is 2.26 bits per heavy atom. The Morgan fingerprint density at radius 1 is 0.857 bits per heavy atom. The highest BCUT2D eigenvalue weighted by Crippen LogP contribution is 2.37. The van der Waals surface area contributed by atoms with Crippen molar-refractivity contribution < 1.29 is 4.79 Å². The second-order valence-corrected chi connectivity index (χ2v) is 10.0. The molecule has 1 aliphatic rings. The van der Waals surface area contributed by atoms with Gasteiger partial charge in [-0.1, -0.05) is 70.0 Å². The highest BCUT2D eigenvalue weighted by atomic mass is 79.9. The average Bonchev–Trinajstić information content (AvgIpc) is 3.29. The lowest BCUT2D eigenvalue weighted by atomic mass is 10.1. The van der Waals surface area contributed by atoms with Gasteiger partial charge in [-0.05, 0) is 62.1 Å². The number of carbonyl (C=O) groups excluding carboxylic acids is 1. The second-order valence-electron chi connectivity index (χ2n) is 8.69. The molecule has 0 saturated heterocycles. The van der Waals surface area contributed by atoms with Crippen molar-refractivity contribution in [1.82, 2.24) is 14.0 Å². The van der Waals surface area contributed by atoms with Crippen molar-refractivity contribution in [3.8, 4) is 22.5 Å². The van der Waals surface area contributed by atoms with Gasteiger partial charge in [0.05, 0.1) is 22.8 Å². The summed E-state index contributed by atoms with van der Waals surface area (Å²) in [6, 6.07) is 25.2. The number of aromatic nitrogens is 3. The fraction of sp³-hybridized carbons (Fsp3) is 0.143. The van der Waals surface area contributed by atoms with Crippen molar-refractivity contribution >= 4 is 45.0 Å². The number of amides is 1. The van der Waals surface area contributed by atoms with Crippen LogP contribution in [0.25, 0.3) is 28.3 Å². The molecule has 3 heterocycles. The van der Waals surface area contributed by atoms with Gasteiger partial charge in [-0.2, -0.15) is 0 Å². The molecule has 0 unspecified atom stereocenters. The number of hydrogen-bond acceptors (Lipinski definition) is 2. The van der Waals surface area contributed by atoms with E-state index >= 15 is 0 Å². The molecular formula is C28H22BrClN4O. The monoisotopic (exact) mass is 544 g/mol. The first-order valence-electron chi connectivity index (χ1n) is 11.6. The van der Waals surface area contributed by atoms with E-state index in [0.717, 1.165) is 64.1 Å². The van der Waals surface area contributed by atoms with Crippen molar-refractivity contribution in [2.45, 2.75) is 25.7 Å². The van der Waals surface area contributed by atoms with Gasteiger partial charge in [0.25, 0.3) is 0 Å². The number of carbonyl (C=O) groups is 1. The zero-order chi connectivity index (χ0) is 23.9. The summed E-state index contributed by atoms with van der Waals surface area (Å²) in [6.07, 6.45) is 3.93. The first kappa shape index (κ1) is 22.1. The van der Waals surface area contributed by atoms with E-state index in [4.69, 9.17) is 16.6 Å². The molecule has 0 saturated carbocycles. The van der Waals surface area contributed by atoms with Crippen molar-refractivity contribution in [1.29, 1.82) is 0 Å². The Labute approximate surface area is 216 Å². The molecule has 0 fully saturated rings. The minimum atomic E-state index is -0.252. The first-order chi connectivity index (χ1) is 17.1. The van der Waals surface area contributed by atoms with Crippen LogP contribution in [-0.2, 0) is 12.8 Å². The number of nitrogens with zero attached hydrogens (tertiary/aromatic N) is 3. The molecule has 0 spiro atoms. The fourth-order valence-electron chi connectivity index (χ4n) is 4.89. The predicted molar refractivity (Wildman–Crippen MR) is 144 cm³/mol. The summed E-state index contributed by atoms with van der Waals surface area (Å²) in [7, 11) is 0. The smallest absolute Gasteiger partial charge is 0.307 e. The molecule has 0 aliphatic carbocycles. The molecule has 5 nitrogen and oxygen atoms in total. The molecule has 7 heteroatoms. The normalized spacial score (nSPS) is 13.1. The topological polar surface area (TPSA) is 51.3 Å². The van der Waals surface area contributed by atoms with Crippen LogP contribution in [0.2, 0.25) is 5.02 Å². The molecule has 1 aliphatic heterocycles. The third kappa shape index (κ3) is 3.97. The number of benzene rings is 3. The summed E-state index contributed by atoms with van der Waals surface area (Å²) >= 11 is 9.58. The van der Waals surface area contributed by atoms with Crippen LogP contribution >= 0.6 is 27.5 Å². The van der Waals surface area contributed by atoms with Crippen LogP contribution in [0, 0.1) is 0 Å². The predicted octanol–water partition coefficient (Wildman–Crippen LogP) is 7.84. The molecule has 6 rings (SSSR count). The van der Waals surface area contributed by atoms with Gasteiger partial charge in [0, 0.05) is 26.3 Å². The number of imidazole rings is 2. The Kier molecular flexibility index (Phi) is 5.71. The van der Waals surface area contributed by atoms with Gasteiger partial charge in [-0.25, -0.2) is 14.3 Å². The molecule has 35 heavy (non-hydrogen) atoms. The molecular weight excluding hydrogens is 524 g/mol. The third-order valence-electron chi connectivity index (χ3n) is 6.46. The number of anilines is 1. The van der Waals surface area contributed by atoms with Gasteiger partial charge >= 0.3 is 6.03 Å². The van der Waals surface area contributed by atoms with Crippen molar-refractivity contribution in [2.24, 2.45) is 0 Å². The molecule has 0 radical (unpaired) electrons. The van der Waals surface area contributed by atoms with E-state index in [9.17, 15) is 4.79 Å². The van der Waals surface area contributed by atoms with Crippen LogP contribution in [0.1, 0.15) is 24.2 Å². The second kappa shape index (κ2) is 9.02. The maximum Gasteiger partial charge on any atom is 0.333 e. The van der Waals surface area contributed by atoms with Crippen LogP contribution in [0.5, 0.6) is 0 Å². The molecule has 3 aromatic carbocycles. The van der Waals surface area contributed by atoms with Gasteiger partial charge in [0.15, 0.2) is 0 Å². The Balaban J connectivity index is 1.60. The van der Waals surface area contributed by atoms with E-state index in [0.29, 0.717) is 16.5 Å². The van der Waals surface area contributed by atoms with Crippen molar-refractivity contribution in [3.05, 3.63) is 99.7 Å². The summed E-state index contributed by atoms with van der Waals surface area (Å²) in [5, 5.41) is 3.67. The summed E-state index contributed by atoms with van der Waals surface area (Å²) < 4.78 is 4.94.